The third-order valence-corrected chi connectivity index (χ3v) is 8.31. The van der Waals surface area contributed by atoms with Gasteiger partial charge in [0.05, 0.1) is 41.1 Å². The van der Waals surface area contributed by atoms with Crippen LogP contribution in [0.5, 0.6) is 0 Å². The molecule has 0 saturated carbocycles. The van der Waals surface area contributed by atoms with Crippen molar-refractivity contribution in [2.75, 3.05) is 13.7 Å². The molecule has 39 heavy (non-hydrogen) atoms. The number of halogens is 3. The minimum Gasteiger partial charge on any atom is -0.465 e. The summed E-state index contributed by atoms with van der Waals surface area (Å²) in [7, 11) is 0.0323. The minimum atomic E-state index is -1.24. The van der Waals surface area contributed by atoms with Gasteiger partial charge >= 0.3 is 5.97 Å². The molecule has 0 bridgehead atoms. The van der Waals surface area contributed by atoms with Crippen molar-refractivity contribution < 1.29 is 23.0 Å². The third-order valence-electron chi connectivity index (χ3n) is 6.28. The maximum absolute atomic E-state index is 13.8. The van der Waals surface area contributed by atoms with E-state index in [-0.39, 0.29) is 23.7 Å². The number of pyridine rings is 1. The predicted octanol–water partition coefficient (Wildman–Crippen LogP) is 6.37. The van der Waals surface area contributed by atoms with E-state index in [1.165, 1.54) is 19.2 Å². The molecule has 0 radical (unpaired) electrons. The first kappa shape index (κ1) is 28.8. The van der Waals surface area contributed by atoms with Crippen LogP contribution in [0, 0.1) is 11.6 Å². The molecular weight excluding hydrogens is 542 g/mol. The highest BCUT2D eigenvalue weighted by molar-refractivity contribution is 6.76. The molecule has 1 atom stereocenters. The van der Waals surface area contributed by atoms with E-state index in [2.05, 4.69) is 24.7 Å². The number of carbonyl (C=O) groups is 1. The lowest BCUT2D eigenvalue weighted by Crippen LogP contribution is -2.22. The van der Waals surface area contributed by atoms with Crippen molar-refractivity contribution in [1.82, 2.24) is 14.8 Å². The van der Waals surface area contributed by atoms with Crippen LogP contribution in [0.15, 0.2) is 48.7 Å². The van der Waals surface area contributed by atoms with Crippen LogP contribution in [0.2, 0.25) is 30.7 Å². The fourth-order valence-electron chi connectivity index (χ4n) is 4.20. The molecule has 11 heteroatoms. The van der Waals surface area contributed by atoms with Crippen LogP contribution < -0.4 is 5.73 Å². The van der Waals surface area contributed by atoms with Gasteiger partial charge < -0.3 is 15.2 Å². The molecule has 7 nitrogen and oxygen atoms in total. The van der Waals surface area contributed by atoms with Gasteiger partial charge in [0.25, 0.3) is 0 Å². The zero-order chi connectivity index (χ0) is 28.3. The molecule has 0 aliphatic heterocycles. The first-order valence-electron chi connectivity index (χ1n) is 12.5. The number of nitrogens with two attached hydrogens (primary N) is 1. The van der Waals surface area contributed by atoms with Crippen molar-refractivity contribution in [3.63, 3.8) is 0 Å². The Bertz CT molecular complexity index is 1490. The molecule has 0 fully saturated rings. The van der Waals surface area contributed by atoms with E-state index in [0.29, 0.717) is 40.0 Å². The van der Waals surface area contributed by atoms with Crippen LogP contribution >= 0.6 is 11.6 Å². The van der Waals surface area contributed by atoms with Crippen molar-refractivity contribution in [1.29, 1.82) is 0 Å². The Morgan fingerprint density at radius 2 is 1.85 bits per heavy atom. The molecule has 2 N–H and O–H groups in total. The van der Waals surface area contributed by atoms with Gasteiger partial charge in [-0.2, -0.15) is 5.10 Å². The van der Waals surface area contributed by atoms with Crippen LogP contribution in [0.4, 0.5) is 8.78 Å². The maximum Gasteiger partial charge on any atom is 0.339 e. The summed E-state index contributed by atoms with van der Waals surface area (Å²) >= 11 is 6.26. The molecule has 0 unspecified atom stereocenters. The fourth-order valence-corrected chi connectivity index (χ4v) is 5.16. The summed E-state index contributed by atoms with van der Waals surface area (Å²) in [5.41, 5.74) is 10.2. The Morgan fingerprint density at radius 1 is 1.13 bits per heavy atom. The lowest BCUT2D eigenvalue weighted by molar-refractivity contribution is 0.0601. The number of benzene rings is 2. The average Bonchev–Trinajstić information content (AvgIpc) is 3.26. The summed E-state index contributed by atoms with van der Waals surface area (Å²) in [6, 6.07) is 10.4. The Balaban J connectivity index is 1.77. The molecule has 0 spiro atoms. The zero-order valence-corrected chi connectivity index (χ0v) is 24.1. The summed E-state index contributed by atoms with van der Waals surface area (Å²) in [6.45, 7) is 7.73. The van der Waals surface area contributed by atoms with E-state index in [1.807, 2.05) is 6.07 Å². The molecule has 0 amide bonds. The lowest BCUT2D eigenvalue weighted by atomic mass is 9.94. The third kappa shape index (κ3) is 7.07. The maximum atomic E-state index is 13.8. The summed E-state index contributed by atoms with van der Waals surface area (Å²) in [6.07, 6.45) is 1.76. The zero-order valence-electron chi connectivity index (χ0n) is 22.3. The van der Waals surface area contributed by atoms with E-state index < -0.39 is 31.7 Å². The highest BCUT2D eigenvalue weighted by Gasteiger charge is 2.21. The van der Waals surface area contributed by atoms with Crippen molar-refractivity contribution in [3.8, 4) is 11.1 Å². The number of nitrogens with zero attached hydrogens (tertiary/aromatic N) is 3. The van der Waals surface area contributed by atoms with Crippen molar-refractivity contribution in [2.24, 2.45) is 5.73 Å². The number of fused-ring (bicyclic) bond motifs is 1. The van der Waals surface area contributed by atoms with Crippen LogP contribution in [-0.4, -0.2) is 42.5 Å². The van der Waals surface area contributed by atoms with Gasteiger partial charge in [-0.25, -0.2) is 23.2 Å². The van der Waals surface area contributed by atoms with Crippen LogP contribution in [0.1, 0.15) is 27.7 Å². The number of carbonyl (C=O) groups excluding carboxylic acids is 1. The summed E-state index contributed by atoms with van der Waals surface area (Å²) in [4.78, 5) is 17.1. The lowest BCUT2D eigenvalue weighted by Gasteiger charge is -2.18. The van der Waals surface area contributed by atoms with Gasteiger partial charge in [-0.3, -0.25) is 0 Å². The Morgan fingerprint density at radius 3 is 2.51 bits per heavy atom. The highest BCUT2D eigenvalue weighted by Crippen LogP contribution is 2.33. The average molecular weight is 573 g/mol. The quantitative estimate of drug-likeness (QED) is 0.135. The molecular formula is C28H31ClF2N4O3Si. The largest absolute Gasteiger partial charge is 0.465 e. The SMILES string of the molecule is COC(=O)c1cc(-c2cc3c(cnn3COCC[Si](C)(C)C)nc2[C@@H](N)Cc2cc(F)cc(F)c2)ccc1Cl. The number of esters is 1. The van der Waals surface area contributed by atoms with Crippen LogP contribution in [0.25, 0.3) is 22.2 Å². The summed E-state index contributed by atoms with van der Waals surface area (Å²) in [5, 5.41) is 4.69. The molecule has 2 heterocycles. The molecule has 0 saturated heterocycles. The van der Waals surface area contributed by atoms with Gasteiger partial charge in [0.2, 0.25) is 0 Å². The molecule has 0 aliphatic rings. The smallest absolute Gasteiger partial charge is 0.339 e. The second-order valence-electron chi connectivity index (χ2n) is 10.6. The van der Waals surface area contributed by atoms with E-state index in [4.69, 9.17) is 31.8 Å². The second kappa shape index (κ2) is 11.9. The summed E-state index contributed by atoms with van der Waals surface area (Å²) < 4.78 is 40.2. The van der Waals surface area contributed by atoms with Crippen LogP contribution in [0.3, 0.4) is 0 Å². The monoisotopic (exact) mass is 572 g/mol. The number of hydrogen-bond acceptors (Lipinski definition) is 6. The van der Waals surface area contributed by atoms with Crippen molar-refractivity contribution in [3.05, 3.63) is 82.1 Å². The Kier molecular flexibility index (Phi) is 8.80. The van der Waals surface area contributed by atoms with Gasteiger partial charge in [0.1, 0.15) is 23.9 Å². The van der Waals surface area contributed by atoms with E-state index in [1.54, 1.807) is 29.1 Å². The van der Waals surface area contributed by atoms with Crippen molar-refractivity contribution >= 4 is 36.7 Å². The molecule has 206 valence electrons. The highest BCUT2D eigenvalue weighted by atomic mass is 35.5. The fraction of sp³-hybridized carbons (Fsp3) is 0.321. The minimum absolute atomic E-state index is 0.131. The van der Waals surface area contributed by atoms with E-state index in [9.17, 15) is 13.6 Å². The van der Waals surface area contributed by atoms with E-state index >= 15 is 0 Å². The second-order valence-corrected chi connectivity index (χ2v) is 16.6. The van der Waals surface area contributed by atoms with Gasteiger partial charge in [-0.1, -0.05) is 37.3 Å². The van der Waals surface area contributed by atoms with Crippen LogP contribution in [-0.2, 0) is 22.6 Å². The van der Waals surface area contributed by atoms with Gasteiger partial charge in [-0.15, -0.1) is 0 Å². The van der Waals surface area contributed by atoms with E-state index in [0.717, 1.165) is 12.1 Å². The number of ether oxygens (including phenoxy) is 2. The molecule has 4 aromatic rings. The number of hydrogen-bond donors (Lipinski definition) is 1. The molecule has 0 aliphatic carbocycles. The first-order valence-corrected chi connectivity index (χ1v) is 16.6. The number of methoxy groups -OCH3 is 1. The van der Waals surface area contributed by atoms with Gasteiger partial charge in [0.15, 0.2) is 0 Å². The summed E-state index contributed by atoms with van der Waals surface area (Å²) in [5.74, 6) is -1.95. The first-order chi connectivity index (χ1) is 18.4. The number of aromatic nitrogens is 3. The standard InChI is InChI=1S/C28H31ClF2N4O3Si/c1-37-28(36)22-12-18(5-6-23(22)29)21-14-26-25(15-33-35(26)16-38-7-8-39(2,3)4)34-27(21)24(32)11-17-9-19(30)13-20(31)10-17/h5-6,9-10,12-15,24H,7-8,11,16,32H2,1-4H3/t24-/m0/s1. The van der Waals surface area contributed by atoms with Gasteiger partial charge in [-0.05, 0) is 53.9 Å². The topological polar surface area (TPSA) is 92.3 Å². The molecule has 2 aromatic heterocycles. The normalized spacial score (nSPS) is 12.6. The van der Waals surface area contributed by atoms with Gasteiger partial charge in [0, 0.05) is 26.3 Å². The van der Waals surface area contributed by atoms with Crippen molar-refractivity contribution in [2.45, 2.75) is 44.9 Å². The molecule has 4 rings (SSSR count). The Labute approximate surface area is 231 Å². The Hall–Kier alpha value is -3.18. The predicted molar refractivity (Wildman–Crippen MR) is 150 cm³/mol. The molecule has 2 aromatic carbocycles. The number of rotatable bonds is 10.